The molecule has 0 heterocycles. The van der Waals surface area contributed by atoms with Crippen LogP contribution in [0.4, 0.5) is 0 Å². The molecule has 0 N–H and O–H groups in total. The van der Waals surface area contributed by atoms with Crippen LogP contribution in [-0.4, -0.2) is 78.5 Å². The molecule has 32 heavy (non-hydrogen) atoms. The van der Waals surface area contributed by atoms with E-state index in [2.05, 4.69) is 40.4 Å². The van der Waals surface area contributed by atoms with Crippen LogP contribution in [0.25, 0.3) is 0 Å². The fourth-order valence-electron chi connectivity index (χ4n) is 3.46. The van der Waals surface area contributed by atoms with Crippen LogP contribution in [-0.2, 0) is 31.3 Å². The Balaban J connectivity index is 5.45. The van der Waals surface area contributed by atoms with Crippen molar-refractivity contribution in [3.05, 3.63) is 0 Å². The number of ether oxygens (including phenoxy) is 3. The normalized spacial score (nSPS) is 17.6. The highest BCUT2D eigenvalue weighted by Crippen LogP contribution is 2.29. The Hall–Kier alpha value is 0.371. The second-order valence-electron chi connectivity index (χ2n) is 8.56. The van der Waals surface area contributed by atoms with Gasteiger partial charge in [-0.1, -0.05) is 20.8 Å². The Morgan fingerprint density at radius 3 is 1.03 bits per heavy atom. The Kier molecular flexibility index (Phi) is 18.9. The summed E-state index contributed by atoms with van der Waals surface area (Å²) >= 11 is 0. The van der Waals surface area contributed by atoms with E-state index < -0.39 is 25.7 Å². The molecule has 10 heteroatoms. The summed E-state index contributed by atoms with van der Waals surface area (Å²) in [5.74, 6) is 0. The molecular formula is C22H52O7Si3. The molecule has 0 bridgehead atoms. The molecule has 194 valence electrons. The zero-order valence-electron chi connectivity index (χ0n) is 22.3. The van der Waals surface area contributed by atoms with Crippen molar-refractivity contribution in [2.75, 3.05) is 52.9 Å². The van der Waals surface area contributed by atoms with Crippen molar-refractivity contribution in [3.8, 4) is 0 Å². The molecule has 0 amide bonds. The van der Waals surface area contributed by atoms with Crippen molar-refractivity contribution in [2.24, 2.45) is 0 Å². The Bertz CT molecular complexity index is 418. The van der Waals surface area contributed by atoms with Crippen LogP contribution in [0.5, 0.6) is 0 Å². The molecule has 0 aromatic rings. The van der Waals surface area contributed by atoms with Crippen molar-refractivity contribution in [1.82, 2.24) is 0 Å². The average Bonchev–Trinajstić information content (AvgIpc) is 2.72. The number of hydrogen-bond donors (Lipinski definition) is 0. The lowest BCUT2D eigenvalue weighted by molar-refractivity contribution is 0.125. The smallest absolute Gasteiger partial charge is 0.328 e. The molecule has 0 aliphatic carbocycles. The highest BCUT2D eigenvalue weighted by atomic mass is 28.5. The van der Waals surface area contributed by atoms with Crippen molar-refractivity contribution in [2.45, 2.75) is 91.7 Å². The average molecular weight is 513 g/mol. The second kappa shape index (κ2) is 18.7. The first kappa shape index (κ1) is 32.4. The first-order valence-corrected chi connectivity index (χ1v) is 20.2. The zero-order valence-corrected chi connectivity index (χ0v) is 25.3. The van der Waals surface area contributed by atoms with E-state index in [1.54, 1.807) is 0 Å². The summed E-state index contributed by atoms with van der Waals surface area (Å²) in [6.07, 6.45) is 3.02. The van der Waals surface area contributed by atoms with Crippen LogP contribution in [0.1, 0.15) is 53.9 Å². The molecule has 0 aliphatic heterocycles. The topological polar surface area (TPSA) is 64.6 Å². The molecule has 0 aliphatic rings. The third-order valence-corrected chi connectivity index (χ3v) is 17.0. The second-order valence-corrected chi connectivity index (χ2v) is 19.1. The van der Waals surface area contributed by atoms with Gasteiger partial charge in [0.25, 0.3) is 0 Å². The minimum atomic E-state index is -2.64. The number of rotatable bonds is 23. The molecule has 2 unspecified atom stereocenters. The number of hydrogen-bond acceptors (Lipinski definition) is 7. The lowest BCUT2D eigenvalue weighted by Crippen LogP contribution is -2.58. The maximum absolute atomic E-state index is 6.88. The van der Waals surface area contributed by atoms with Crippen LogP contribution in [0, 0.1) is 0 Å². The SMILES string of the molecule is CCCOCC[Si](C)(OCC)O[Si](C)(CCOCCC)O[Si](C)(CCOCCC)OCC. The van der Waals surface area contributed by atoms with Gasteiger partial charge in [0.2, 0.25) is 0 Å². The fraction of sp³-hybridized carbons (Fsp3) is 1.00. The summed E-state index contributed by atoms with van der Waals surface area (Å²) in [6, 6.07) is 2.33. The minimum absolute atomic E-state index is 0.623. The van der Waals surface area contributed by atoms with Gasteiger partial charge in [-0.2, -0.15) is 0 Å². The van der Waals surface area contributed by atoms with Crippen LogP contribution >= 0.6 is 0 Å². The summed E-state index contributed by atoms with van der Waals surface area (Å²) in [7, 11) is -7.60. The van der Waals surface area contributed by atoms with Crippen LogP contribution in [0.15, 0.2) is 0 Å². The molecule has 0 saturated heterocycles. The van der Waals surface area contributed by atoms with Crippen LogP contribution < -0.4 is 0 Å². The van der Waals surface area contributed by atoms with E-state index >= 15 is 0 Å². The maximum atomic E-state index is 6.88. The lowest BCUT2D eigenvalue weighted by Gasteiger charge is -2.41. The van der Waals surface area contributed by atoms with Gasteiger partial charge in [0.05, 0.1) is 0 Å². The van der Waals surface area contributed by atoms with Gasteiger partial charge in [0, 0.05) is 71.0 Å². The minimum Gasteiger partial charge on any atom is -0.415 e. The molecule has 0 spiro atoms. The zero-order chi connectivity index (χ0) is 24.3. The molecule has 0 radical (unpaired) electrons. The molecule has 0 fully saturated rings. The van der Waals surface area contributed by atoms with E-state index in [0.717, 1.165) is 57.2 Å². The van der Waals surface area contributed by atoms with E-state index in [9.17, 15) is 0 Å². The van der Waals surface area contributed by atoms with Gasteiger partial charge >= 0.3 is 25.7 Å². The predicted octanol–water partition coefficient (Wildman–Crippen LogP) is 5.59. The van der Waals surface area contributed by atoms with E-state index in [-0.39, 0.29) is 0 Å². The standard InChI is InChI=1S/C22H52O7Si3/c1-9-14-23-17-20-30(6,26-12-4)28-32(8,22-19-25-16-11-3)29-31(7,27-13-5)21-18-24-15-10-2/h9-22H2,1-8H3. The summed E-state index contributed by atoms with van der Waals surface area (Å²) in [4.78, 5) is 0. The Morgan fingerprint density at radius 1 is 0.438 bits per heavy atom. The molecule has 0 saturated carbocycles. The molecule has 0 aromatic carbocycles. The van der Waals surface area contributed by atoms with E-state index in [0.29, 0.717) is 33.0 Å². The van der Waals surface area contributed by atoms with Gasteiger partial charge < -0.3 is 31.3 Å². The van der Waals surface area contributed by atoms with E-state index in [1.165, 1.54) is 0 Å². The lowest BCUT2D eigenvalue weighted by atomic mass is 10.5. The molecule has 0 rings (SSSR count). The summed E-state index contributed by atoms with van der Waals surface area (Å²) in [5.41, 5.74) is 0. The highest BCUT2D eigenvalue weighted by Gasteiger charge is 2.48. The van der Waals surface area contributed by atoms with Crippen molar-refractivity contribution in [3.63, 3.8) is 0 Å². The highest BCUT2D eigenvalue weighted by molar-refractivity contribution is 6.85. The fourth-order valence-corrected chi connectivity index (χ4v) is 16.5. The van der Waals surface area contributed by atoms with Gasteiger partial charge in [0.15, 0.2) is 0 Å². The summed E-state index contributed by atoms with van der Waals surface area (Å²) in [6.45, 7) is 22.3. The van der Waals surface area contributed by atoms with Gasteiger partial charge in [-0.3, -0.25) is 0 Å². The van der Waals surface area contributed by atoms with Gasteiger partial charge in [0.1, 0.15) is 0 Å². The summed E-state index contributed by atoms with van der Waals surface area (Å²) < 4.78 is 43.6. The predicted molar refractivity (Wildman–Crippen MR) is 138 cm³/mol. The Labute approximate surface area is 201 Å². The van der Waals surface area contributed by atoms with Gasteiger partial charge in [-0.25, -0.2) is 0 Å². The van der Waals surface area contributed by atoms with Gasteiger partial charge in [-0.15, -0.1) is 0 Å². The van der Waals surface area contributed by atoms with E-state index in [1.807, 2.05) is 13.8 Å². The van der Waals surface area contributed by atoms with Gasteiger partial charge in [-0.05, 0) is 52.8 Å². The molecule has 0 aromatic heterocycles. The van der Waals surface area contributed by atoms with Crippen molar-refractivity contribution in [1.29, 1.82) is 0 Å². The van der Waals surface area contributed by atoms with Crippen molar-refractivity contribution >= 4 is 25.7 Å². The molecular weight excluding hydrogens is 460 g/mol. The third kappa shape index (κ3) is 15.3. The molecule has 2 atom stereocenters. The Morgan fingerprint density at radius 2 is 0.750 bits per heavy atom. The monoisotopic (exact) mass is 512 g/mol. The van der Waals surface area contributed by atoms with Crippen molar-refractivity contribution < 1.29 is 31.3 Å². The maximum Gasteiger partial charge on any atom is 0.328 e. The third-order valence-electron chi connectivity index (χ3n) is 4.91. The van der Waals surface area contributed by atoms with E-state index in [4.69, 9.17) is 31.3 Å². The largest absolute Gasteiger partial charge is 0.415 e. The van der Waals surface area contributed by atoms with Crippen LogP contribution in [0.2, 0.25) is 37.8 Å². The molecule has 7 nitrogen and oxygen atoms in total. The first-order chi connectivity index (χ1) is 15.2. The first-order valence-electron chi connectivity index (χ1n) is 12.6. The summed E-state index contributed by atoms with van der Waals surface area (Å²) in [5, 5.41) is 0. The quantitative estimate of drug-likeness (QED) is 0.131. The van der Waals surface area contributed by atoms with Crippen LogP contribution in [0.3, 0.4) is 0 Å².